The Hall–Kier alpha value is -4.68. The molecule has 0 saturated carbocycles. The van der Waals surface area contributed by atoms with Crippen LogP contribution in [0.1, 0.15) is 39.4 Å². The molecule has 0 unspecified atom stereocenters. The second-order valence-electron chi connectivity index (χ2n) is 10.4. The number of likely N-dealkylation sites (N-methyl/N-ethyl adjacent to an activating group) is 1. The highest BCUT2D eigenvalue weighted by Gasteiger charge is 2.22. The van der Waals surface area contributed by atoms with Crippen LogP contribution < -0.4 is 20.9 Å². The molecule has 0 aliphatic heterocycles. The van der Waals surface area contributed by atoms with Crippen LogP contribution in [0.4, 0.5) is 14.9 Å². The fourth-order valence-electron chi connectivity index (χ4n) is 3.79. The van der Waals surface area contributed by atoms with Crippen LogP contribution in [0.2, 0.25) is 0 Å². The number of amides is 3. The number of nitrogens with one attached hydrogen (secondary N) is 3. The third-order valence-electron chi connectivity index (χ3n) is 5.70. The molecule has 0 radical (unpaired) electrons. The third-order valence-corrected chi connectivity index (χ3v) is 5.70. The number of H-pyrrole nitrogens is 1. The number of methoxy groups -OCH3 is 1. The van der Waals surface area contributed by atoms with Gasteiger partial charge in [-0.25, -0.2) is 14.2 Å². The number of aromatic amines is 1. The zero-order chi connectivity index (χ0) is 30.3. The molecule has 0 spiro atoms. The van der Waals surface area contributed by atoms with Crippen molar-refractivity contribution in [1.29, 1.82) is 0 Å². The lowest BCUT2D eigenvalue weighted by molar-refractivity contribution is -0.123. The van der Waals surface area contributed by atoms with Crippen molar-refractivity contribution in [1.82, 2.24) is 24.8 Å². The number of hydrogen-bond acceptors (Lipinski definition) is 7. The standard InChI is InChI=1S/C28H35FN6O6/c1-28(2,3)41-21-15-17(29)14-20-24(21)33-22(30-20)16-35-13-9-11-19(26(35)38)31-25(37)18(32-27(39)40-6)10-7-8-12-23(36)34(4)5/h8-9,11-15,18H,7,10,16H2,1-6H3,(H,30,33)(H,31,37)(H,32,39)/b12-8+/t18-/m0/s1. The van der Waals surface area contributed by atoms with Gasteiger partial charge in [-0.2, -0.15) is 0 Å². The molecule has 41 heavy (non-hydrogen) atoms. The number of ether oxygens (including phenoxy) is 2. The number of rotatable bonds is 10. The summed E-state index contributed by atoms with van der Waals surface area (Å²) in [6, 6.07) is 4.51. The molecule has 0 fully saturated rings. The molecular weight excluding hydrogens is 535 g/mol. The van der Waals surface area contributed by atoms with Crippen LogP contribution in [0.15, 0.2) is 47.4 Å². The van der Waals surface area contributed by atoms with Crippen molar-refractivity contribution in [2.45, 2.75) is 51.8 Å². The Morgan fingerprint density at radius 1 is 1.24 bits per heavy atom. The molecule has 3 aromatic rings. The molecule has 1 aromatic carbocycles. The summed E-state index contributed by atoms with van der Waals surface area (Å²) in [4.78, 5) is 58.7. The Morgan fingerprint density at radius 2 is 1.98 bits per heavy atom. The molecule has 3 amide bonds. The van der Waals surface area contributed by atoms with E-state index in [1.165, 1.54) is 47.0 Å². The highest BCUT2D eigenvalue weighted by molar-refractivity contribution is 5.96. The Kier molecular flexibility index (Phi) is 9.87. The summed E-state index contributed by atoms with van der Waals surface area (Å²) in [7, 11) is 4.39. The van der Waals surface area contributed by atoms with E-state index in [1.807, 2.05) is 20.8 Å². The van der Waals surface area contributed by atoms with Gasteiger partial charge in [-0.15, -0.1) is 0 Å². The Bertz CT molecular complexity index is 1500. The summed E-state index contributed by atoms with van der Waals surface area (Å²) >= 11 is 0. The van der Waals surface area contributed by atoms with Crippen LogP contribution in [0, 0.1) is 5.82 Å². The van der Waals surface area contributed by atoms with E-state index in [-0.39, 0.29) is 24.6 Å². The van der Waals surface area contributed by atoms with Gasteiger partial charge in [0.2, 0.25) is 11.8 Å². The molecule has 2 heterocycles. The average molecular weight is 571 g/mol. The first kappa shape index (κ1) is 30.9. The van der Waals surface area contributed by atoms with Crippen molar-refractivity contribution in [3.63, 3.8) is 0 Å². The molecule has 220 valence electrons. The number of anilines is 1. The normalized spacial score (nSPS) is 12.3. The molecular formula is C28H35FN6O6. The maximum absolute atomic E-state index is 14.2. The Balaban J connectivity index is 1.79. The lowest BCUT2D eigenvalue weighted by atomic mass is 10.1. The number of fused-ring (bicyclic) bond motifs is 1. The number of carbonyl (C=O) groups is 3. The van der Waals surface area contributed by atoms with Gasteiger partial charge in [0.15, 0.2) is 0 Å². The van der Waals surface area contributed by atoms with Crippen molar-refractivity contribution >= 4 is 34.6 Å². The molecule has 12 nitrogen and oxygen atoms in total. The monoisotopic (exact) mass is 570 g/mol. The summed E-state index contributed by atoms with van der Waals surface area (Å²) < 4.78 is 26.0. The Labute approximate surface area is 236 Å². The second-order valence-corrected chi connectivity index (χ2v) is 10.4. The molecule has 0 aliphatic rings. The van der Waals surface area contributed by atoms with Crippen LogP contribution in [0.25, 0.3) is 11.0 Å². The van der Waals surface area contributed by atoms with Crippen molar-refractivity contribution in [3.8, 4) is 5.75 Å². The summed E-state index contributed by atoms with van der Waals surface area (Å²) in [5, 5.41) is 5.00. The van der Waals surface area contributed by atoms with Crippen LogP contribution in [-0.4, -0.2) is 70.2 Å². The largest absolute Gasteiger partial charge is 0.486 e. The number of pyridine rings is 1. The number of aromatic nitrogens is 3. The molecule has 1 atom stereocenters. The minimum absolute atomic E-state index is 0.00232. The van der Waals surface area contributed by atoms with E-state index < -0.39 is 35.0 Å². The minimum Gasteiger partial charge on any atom is -0.486 e. The topological polar surface area (TPSA) is 148 Å². The average Bonchev–Trinajstić information content (AvgIpc) is 3.29. The maximum Gasteiger partial charge on any atom is 0.407 e. The van der Waals surface area contributed by atoms with Gasteiger partial charge in [0.25, 0.3) is 5.56 Å². The number of imidazole rings is 1. The highest BCUT2D eigenvalue weighted by Crippen LogP contribution is 2.28. The van der Waals surface area contributed by atoms with E-state index in [2.05, 4.69) is 25.3 Å². The first-order chi connectivity index (χ1) is 19.3. The lowest BCUT2D eigenvalue weighted by Gasteiger charge is -2.21. The highest BCUT2D eigenvalue weighted by atomic mass is 19.1. The molecule has 13 heteroatoms. The number of nitrogens with zero attached hydrogens (tertiary/aromatic N) is 3. The number of halogens is 1. The van der Waals surface area contributed by atoms with Crippen LogP contribution >= 0.6 is 0 Å². The van der Waals surface area contributed by atoms with E-state index in [9.17, 15) is 23.6 Å². The molecule has 0 saturated heterocycles. The number of hydrogen-bond donors (Lipinski definition) is 3. The smallest absolute Gasteiger partial charge is 0.407 e. The fourth-order valence-corrected chi connectivity index (χ4v) is 3.79. The van der Waals surface area contributed by atoms with Gasteiger partial charge in [0.05, 0.1) is 19.2 Å². The second kappa shape index (κ2) is 13.1. The van der Waals surface area contributed by atoms with E-state index in [0.717, 1.165) is 0 Å². The van der Waals surface area contributed by atoms with Gasteiger partial charge >= 0.3 is 6.09 Å². The van der Waals surface area contributed by atoms with Crippen LogP contribution in [-0.2, 0) is 20.9 Å². The Morgan fingerprint density at radius 3 is 2.63 bits per heavy atom. The van der Waals surface area contributed by atoms with Crippen LogP contribution in [0.5, 0.6) is 5.75 Å². The van der Waals surface area contributed by atoms with Gasteiger partial charge in [-0.05, 0) is 51.8 Å². The maximum atomic E-state index is 14.2. The predicted octanol–water partition coefficient (Wildman–Crippen LogP) is 3.18. The first-order valence-corrected chi connectivity index (χ1v) is 12.9. The first-order valence-electron chi connectivity index (χ1n) is 12.9. The van der Waals surface area contributed by atoms with Gasteiger partial charge in [0.1, 0.15) is 40.2 Å². The number of alkyl carbamates (subject to hydrolysis) is 1. The van der Waals surface area contributed by atoms with Crippen molar-refractivity contribution in [3.05, 3.63) is 64.6 Å². The van der Waals surface area contributed by atoms with E-state index in [0.29, 0.717) is 29.0 Å². The van der Waals surface area contributed by atoms with Gasteiger partial charge < -0.3 is 34.6 Å². The van der Waals surface area contributed by atoms with Crippen molar-refractivity contribution in [2.75, 3.05) is 26.5 Å². The molecule has 2 aromatic heterocycles. The van der Waals surface area contributed by atoms with E-state index in [4.69, 9.17) is 4.74 Å². The molecule has 3 N–H and O–H groups in total. The number of carbonyl (C=O) groups excluding carboxylic acids is 3. The fraction of sp³-hybridized carbons (Fsp3) is 0.393. The van der Waals surface area contributed by atoms with Gasteiger partial charge in [0, 0.05) is 32.4 Å². The number of benzene rings is 1. The molecule has 3 rings (SSSR count). The van der Waals surface area contributed by atoms with Gasteiger partial charge in [-0.1, -0.05) is 6.08 Å². The SMILES string of the molecule is COC(=O)N[C@@H](CC/C=C/C(=O)N(C)C)C(=O)Nc1cccn(Cc2nc3cc(F)cc(OC(C)(C)C)c3[nH]2)c1=O. The quantitative estimate of drug-likeness (QED) is 0.317. The summed E-state index contributed by atoms with van der Waals surface area (Å²) in [6.45, 7) is 5.53. The lowest BCUT2D eigenvalue weighted by Crippen LogP contribution is -2.44. The van der Waals surface area contributed by atoms with Gasteiger partial charge in [-0.3, -0.25) is 14.4 Å². The zero-order valence-corrected chi connectivity index (χ0v) is 23.9. The summed E-state index contributed by atoms with van der Waals surface area (Å²) in [5.74, 6) is -0.694. The number of allylic oxidation sites excluding steroid dienone is 1. The zero-order valence-electron chi connectivity index (χ0n) is 23.9. The van der Waals surface area contributed by atoms with Crippen LogP contribution in [0.3, 0.4) is 0 Å². The summed E-state index contributed by atoms with van der Waals surface area (Å²) in [5.41, 5.74) is -0.282. The predicted molar refractivity (Wildman–Crippen MR) is 151 cm³/mol. The molecule has 0 bridgehead atoms. The minimum atomic E-state index is -1.04. The third kappa shape index (κ3) is 8.65. The van der Waals surface area contributed by atoms with Crippen molar-refractivity contribution < 1.29 is 28.2 Å². The van der Waals surface area contributed by atoms with E-state index >= 15 is 0 Å². The van der Waals surface area contributed by atoms with Crippen molar-refractivity contribution in [2.24, 2.45) is 0 Å². The van der Waals surface area contributed by atoms with E-state index in [1.54, 1.807) is 26.2 Å². The molecule has 0 aliphatic carbocycles. The summed E-state index contributed by atoms with van der Waals surface area (Å²) in [6.07, 6.45) is 4.11.